The molecule has 1 fully saturated rings. The van der Waals surface area contributed by atoms with Crippen LogP contribution in [0.15, 0.2) is 24.3 Å². The molecule has 0 spiro atoms. The Morgan fingerprint density at radius 3 is 2.57 bits per heavy atom. The fourth-order valence-electron chi connectivity index (χ4n) is 4.10. The van der Waals surface area contributed by atoms with Gasteiger partial charge in [-0.05, 0) is 12.8 Å². The fourth-order valence-corrected chi connectivity index (χ4v) is 4.10. The van der Waals surface area contributed by atoms with Gasteiger partial charge < -0.3 is 39.7 Å². The number of carbonyl (C=O) groups is 2. The molecule has 5 N–H and O–H groups in total. The van der Waals surface area contributed by atoms with Crippen molar-refractivity contribution in [3.63, 3.8) is 0 Å². The predicted octanol–water partition coefficient (Wildman–Crippen LogP) is -0.652. The summed E-state index contributed by atoms with van der Waals surface area (Å²) in [4.78, 5) is 23.5. The molecule has 170 valence electrons. The van der Waals surface area contributed by atoms with Gasteiger partial charge in [0.25, 0.3) is 0 Å². The number of aliphatic hydroxyl groups is 4. The minimum atomic E-state index is -1.97. The monoisotopic (exact) mass is 430 g/mol. The maximum Gasteiger partial charge on any atom is 0.333 e. The number of aliphatic carboxylic acids is 1. The first kappa shape index (κ1) is 24.4. The van der Waals surface area contributed by atoms with E-state index < -0.39 is 66.7 Å². The number of carboxylic acids is 1. The van der Waals surface area contributed by atoms with E-state index >= 15 is 0 Å². The SMILES string of the molecule is C=CC1C(OC2OC(CO)C(O)C(O)C2(O)CC)CC=C(C(=O)OC)C1CC(=O)O. The van der Waals surface area contributed by atoms with Crippen molar-refractivity contribution in [3.8, 4) is 0 Å². The van der Waals surface area contributed by atoms with Crippen molar-refractivity contribution < 1.29 is 49.3 Å². The molecular formula is C20H30O10. The molecule has 10 nitrogen and oxygen atoms in total. The lowest BCUT2D eigenvalue weighted by molar-refractivity contribution is -0.353. The zero-order valence-corrected chi connectivity index (χ0v) is 17.0. The number of esters is 1. The molecule has 1 saturated heterocycles. The molecule has 0 bridgehead atoms. The molecule has 1 heterocycles. The first-order valence-corrected chi connectivity index (χ1v) is 9.77. The number of aliphatic hydroxyl groups excluding tert-OH is 3. The minimum Gasteiger partial charge on any atom is -0.481 e. The summed E-state index contributed by atoms with van der Waals surface area (Å²) < 4.78 is 16.2. The minimum absolute atomic E-state index is 0.0265. The van der Waals surface area contributed by atoms with Gasteiger partial charge in [-0.15, -0.1) is 6.58 Å². The van der Waals surface area contributed by atoms with Crippen molar-refractivity contribution in [3.05, 3.63) is 24.3 Å². The fraction of sp³-hybridized carbons (Fsp3) is 0.700. The Morgan fingerprint density at radius 1 is 1.40 bits per heavy atom. The van der Waals surface area contributed by atoms with Gasteiger partial charge in [0.05, 0.1) is 26.2 Å². The van der Waals surface area contributed by atoms with E-state index in [-0.39, 0.29) is 24.8 Å². The highest BCUT2D eigenvalue weighted by atomic mass is 16.7. The second kappa shape index (κ2) is 9.99. The van der Waals surface area contributed by atoms with E-state index in [0.717, 1.165) is 0 Å². The second-order valence-corrected chi connectivity index (χ2v) is 7.55. The standard InChI is InChI=1S/C20H30O10/c1-4-10-12(8-15(22)23)11(18(26)28-3)6-7-13(10)29-19-20(27,5-2)17(25)16(24)14(9-21)30-19/h4,6,10,12-14,16-17,19,21,24-25,27H,1,5,7-9H2,2-3H3,(H,22,23). The van der Waals surface area contributed by atoms with Crippen LogP contribution >= 0.6 is 0 Å². The van der Waals surface area contributed by atoms with Gasteiger partial charge in [-0.1, -0.05) is 19.1 Å². The Balaban J connectivity index is 2.35. The summed E-state index contributed by atoms with van der Waals surface area (Å²) in [5.74, 6) is -3.19. The highest BCUT2D eigenvalue weighted by Crippen LogP contribution is 2.40. The first-order valence-electron chi connectivity index (χ1n) is 9.77. The van der Waals surface area contributed by atoms with Crippen molar-refractivity contribution in [2.75, 3.05) is 13.7 Å². The van der Waals surface area contributed by atoms with Gasteiger partial charge in [-0.2, -0.15) is 0 Å². The van der Waals surface area contributed by atoms with Crippen LogP contribution in [0.1, 0.15) is 26.2 Å². The maximum absolute atomic E-state index is 12.1. The molecule has 1 aliphatic carbocycles. The number of ether oxygens (including phenoxy) is 3. The van der Waals surface area contributed by atoms with Gasteiger partial charge in [0.15, 0.2) is 6.29 Å². The molecule has 0 aromatic carbocycles. The molecule has 30 heavy (non-hydrogen) atoms. The Kier molecular flexibility index (Phi) is 8.14. The lowest BCUT2D eigenvalue weighted by Crippen LogP contribution is -2.67. The third kappa shape index (κ3) is 4.58. The third-order valence-corrected chi connectivity index (χ3v) is 5.92. The highest BCUT2D eigenvalue weighted by molar-refractivity contribution is 5.90. The molecule has 1 aliphatic heterocycles. The molecule has 8 atom stereocenters. The molecular weight excluding hydrogens is 400 g/mol. The zero-order valence-electron chi connectivity index (χ0n) is 17.0. The van der Waals surface area contributed by atoms with Crippen LogP contribution in [0.3, 0.4) is 0 Å². The number of methoxy groups -OCH3 is 1. The van der Waals surface area contributed by atoms with E-state index in [1.54, 1.807) is 6.92 Å². The summed E-state index contributed by atoms with van der Waals surface area (Å²) in [7, 11) is 1.20. The van der Waals surface area contributed by atoms with Crippen LogP contribution in [0, 0.1) is 11.8 Å². The molecule has 0 aromatic rings. The van der Waals surface area contributed by atoms with Crippen LogP contribution in [0.4, 0.5) is 0 Å². The lowest BCUT2D eigenvalue weighted by Gasteiger charge is -2.49. The van der Waals surface area contributed by atoms with Crippen LogP contribution in [-0.2, 0) is 23.8 Å². The molecule has 2 rings (SSSR count). The van der Waals surface area contributed by atoms with Crippen LogP contribution in [0.2, 0.25) is 0 Å². The van der Waals surface area contributed by atoms with E-state index in [4.69, 9.17) is 14.2 Å². The summed E-state index contributed by atoms with van der Waals surface area (Å²) in [6.45, 7) is 4.70. The van der Waals surface area contributed by atoms with Gasteiger partial charge >= 0.3 is 11.9 Å². The molecule has 8 unspecified atom stereocenters. The number of hydrogen-bond donors (Lipinski definition) is 5. The second-order valence-electron chi connectivity index (χ2n) is 7.55. The van der Waals surface area contributed by atoms with Crippen molar-refractivity contribution >= 4 is 11.9 Å². The quantitative estimate of drug-likeness (QED) is 0.247. The number of carbonyl (C=O) groups excluding carboxylic acids is 1. The largest absolute Gasteiger partial charge is 0.481 e. The smallest absolute Gasteiger partial charge is 0.333 e. The van der Waals surface area contributed by atoms with Crippen LogP contribution < -0.4 is 0 Å². The topological polar surface area (TPSA) is 163 Å². The normalized spacial score (nSPS) is 39.1. The molecule has 0 radical (unpaired) electrons. The summed E-state index contributed by atoms with van der Waals surface area (Å²) in [6.07, 6.45) is -3.74. The van der Waals surface area contributed by atoms with Gasteiger partial charge in [0, 0.05) is 17.4 Å². The van der Waals surface area contributed by atoms with Crippen LogP contribution in [0.25, 0.3) is 0 Å². The summed E-state index contributed by atoms with van der Waals surface area (Å²) in [5.41, 5.74) is -1.77. The first-order chi connectivity index (χ1) is 14.1. The predicted molar refractivity (Wildman–Crippen MR) is 102 cm³/mol. The summed E-state index contributed by atoms with van der Waals surface area (Å²) in [6, 6.07) is 0. The van der Waals surface area contributed by atoms with Gasteiger partial charge in [-0.3, -0.25) is 4.79 Å². The molecule has 0 aromatic heterocycles. The molecule has 0 amide bonds. The number of hydrogen-bond acceptors (Lipinski definition) is 9. The average molecular weight is 430 g/mol. The van der Waals surface area contributed by atoms with Crippen molar-refractivity contribution in [1.82, 2.24) is 0 Å². The van der Waals surface area contributed by atoms with Crippen molar-refractivity contribution in [2.45, 2.75) is 62.5 Å². The Morgan fingerprint density at radius 2 is 2.07 bits per heavy atom. The van der Waals surface area contributed by atoms with Crippen LogP contribution in [-0.4, -0.2) is 87.5 Å². The Hall–Kier alpha value is -1.82. The third-order valence-electron chi connectivity index (χ3n) is 5.92. The summed E-state index contributed by atoms with van der Waals surface area (Å²) >= 11 is 0. The molecule has 2 aliphatic rings. The van der Waals surface area contributed by atoms with Gasteiger partial charge in [0.1, 0.15) is 23.9 Å². The maximum atomic E-state index is 12.1. The summed E-state index contributed by atoms with van der Waals surface area (Å²) in [5, 5.41) is 50.1. The average Bonchev–Trinajstić information content (AvgIpc) is 2.73. The molecule has 0 saturated carbocycles. The van der Waals surface area contributed by atoms with Crippen molar-refractivity contribution in [1.29, 1.82) is 0 Å². The Labute approximate surface area is 174 Å². The zero-order chi connectivity index (χ0) is 22.6. The molecule has 10 heteroatoms. The van der Waals surface area contributed by atoms with Crippen LogP contribution in [0.5, 0.6) is 0 Å². The lowest BCUT2D eigenvalue weighted by atomic mass is 9.74. The van der Waals surface area contributed by atoms with E-state index in [0.29, 0.717) is 0 Å². The van der Waals surface area contributed by atoms with E-state index in [1.807, 2.05) is 0 Å². The van der Waals surface area contributed by atoms with E-state index in [2.05, 4.69) is 6.58 Å². The van der Waals surface area contributed by atoms with E-state index in [9.17, 15) is 35.1 Å². The van der Waals surface area contributed by atoms with E-state index in [1.165, 1.54) is 19.3 Å². The number of carboxylic acid groups (broad SMARTS) is 1. The number of rotatable bonds is 8. The van der Waals surface area contributed by atoms with Crippen molar-refractivity contribution in [2.24, 2.45) is 11.8 Å². The van der Waals surface area contributed by atoms with Gasteiger partial charge in [-0.25, -0.2) is 4.79 Å². The van der Waals surface area contributed by atoms with Gasteiger partial charge in [0.2, 0.25) is 0 Å². The highest BCUT2D eigenvalue weighted by Gasteiger charge is 2.55. The Bertz CT molecular complexity index is 676.